The summed E-state index contributed by atoms with van der Waals surface area (Å²) < 4.78 is 23.7. The average molecular weight is 391 g/mol. The van der Waals surface area contributed by atoms with E-state index in [9.17, 15) is 9.18 Å². The second-order valence-electron chi connectivity index (χ2n) is 6.29. The van der Waals surface area contributed by atoms with E-state index in [4.69, 9.17) is 20.8 Å². The van der Waals surface area contributed by atoms with Crippen molar-refractivity contribution in [1.82, 2.24) is 20.1 Å². The Balaban J connectivity index is 1.61. The number of nitrogens with zero attached hydrogens (tertiary/aromatic N) is 3. The Morgan fingerprint density at radius 1 is 1.37 bits per heavy atom. The molecule has 9 heteroatoms. The maximum Gasteiger partial charge on any atom is 0.414 e. The molecule has 3 aromatic rings. The van der Waals surface area contributed by atoms with Crippen LogP contribution in [0.2, 0.25) is 5.02 Å². The smallest absolute Gasteiger partial charge is 0.414 e. The van der Waals surface area contributed by atoms with Crippen molar-refractivity contribution >= 4 is 11.6 Å². The topological polar surface area (TPSA) is 84.2 Å². The van der Waals surface area contributed by atoms with Gasteiger partial charge in [0.2, 0.25) is 0 Å². The molecule has 140 valence electrons. The minimum absolute atomic E-state index is 0.00973. The third-order valence-electron chi connectivity index (χ3n) is 4.50. The van der Waals surface area contributed by atoms with Crippen LogP contribution >= 0.6 is 11.6 Å². The predicted molar refractivity (Wildman–Crippen MR) is 96.1 cm³/mol. The fourth-order valence-corrected chi connectivity index (χ4v) is 3.34. The summed E-state index contributed by atoms with van der Waals surface area (Å²) in [6.07, 6.45) is 0.662. The van der Waals surface area contributed by atoms with Crippen LogP contribution in [0.1, 0.15) is 16.8 Å². The van der Waals surface area contributed by atoms with Crippen LogP contribution in [0.15, 0.2) is 33.5 Å². The second-order valence-corrected chi connectivity index (χ2v) is 6.70. The zero-order valence-corrected chi connectivity index (χ0v) is 15.2. The van der Waals surface area contributed by atoms with Crippen LogP contribution in [0.25, 0.3) is 11.5 Å². The molecule has 1 aliphatic heterocycles. The number of hydrogen-bond acceptors (Lipinski definition) is 6. The summed E-state index contributed by atoms with van der Waals surface area (Å²) in [4.78, 5) is 17.4. The quantitative estimate of drug-likeness (QED) is 0.737. The fourth-order valence-electron chi connectivity index (χ4n) is 3.17. The van der Waals surface area contributed by atoms with E-state index in [-0.39, 0.29) is 28.9 Å². The largest absolute Gasteiger partial charge is 0.452 e. The molecule has 2 aromatic heterocycles. The first-order valence-electron chi connectivity index (χ1n) is 8.32. The molecule has 0 spiro atoms. The van der Waals surface area contributed by atoms with Gasteiger partial charge in [0.15, 0.2) is 0 Å². The number of nitrogens with one attached hydrogen (secondary N) is 1. The minimum Gasteiger partial charge on any atom is -0.452 e. The van der Waals surface area contributed by atoms with E-state index >= 15 is 0 Å². The third kappa shape index (κ3) is 3.58. The first kappa shape index (κ1) is 17.7. The molecule has 0 saturated heterocycles. The molecule has 7 nitrogen and oxygen atoms in total. The SMILES string of the molecule is COc1nnc(-c2cc3c([nH]c2=O)CCN(Cc2cc(F)ccc2Cl)C3)o1. The zero-order chi connectivity index (χ0) is 19.0. The number of hydrogen-bond donors (Lipinski definition) is 1. The molecule has 0 radical (unpaired) electrons. The van der Waals surface area contributed by atoms with E-state index in [1.54, 1.807) is 12.1 Å². The van der Waals surface area contributed by atoms with E-state index < -0.39 is 0 Å². The van der Waals surface area contributed by atoms with Gasteiger partial charge in [-0.25, -0.2) is 4.39 Å². The van der Waals surface area contributed by atoms with Gasteiger partial charge in [-0.2, -0.15) is 0 Å². The molecule has 1 aliphatic rings. The molecular weight excluding hydrogens is 375 g/mol. The lowest BCUT2D eigenvalue weighted by atomic mass is 10.0. The second kappa shape index (κ2) is 7.13. The number of aromatic nitrogens is 3. The summed E-state index contributed by atoms with van der Waals surface area (Å²) in [6, 6.07) is 6.09. The van der Waals surface area contributed by atoms with Gasteiger partial charge in [0.25, 0.3) is 11.4 Å². The number of ether oxygens (including phenoxy) is 1. The van der Waals surface area contributed by atoms with Crippen molar-refractivity contribution in [2.24, 2.45) is 0 Å². The number of methoxy groups -OCH3 is 1. The molecule has 3 heterocycles. The van der Waals surface area contributed by atoms with Crippen molar-refractivity contribution in [2.75, 3.05) is 13.7 Å². The van der Waals surface area contributed by atoms with E-state index in [2.05, 4.69) is 20.1 Å². The van der Waals surface area contributed by atoms with Crippen LogP contribution in [0, 0.1) is 5.82 Å². The van der Waals surface area contributed by atoms with E-state index in [1.807, 2.05) is 0 Å². The zero-order valence-electron chi connectivity index (χ0n) is 14.5. The van der Waals surface area contributed by atoms with Gasteiger partial charge >= 0.3 is 6.08 Å². The highest BCUT2D eigenvalue weighted by Gasteiger charge is 2.22. The number of fused-ring (bicyclic) bond motifs is 1. The Kier molecular flexibility index (Phi) is 4.67. The molecule has 0 atom stereocenters. The van der Waals surface area contributed by atoms with Gasteiger partial charge in [-0.15, -0.1) is 5.10 Å². The normalized spacial score (nSPS) is 14.2. The number of H-pyrrole nitrogens is 1. The van der Waals surface area contributed by atoms with Crippen molar-refractivity contribution < 1.29 is 13.5 Å². The van der Waals surface area contributed by atoms with Crippen LogP contribution < -0.4 is 10.3 Å². The fraction of sp³-hybridized carbons (Fsp3) is 0.278. The van der Waals surface area contributed by atoms with Gasteiger partial charge in [-0.1, -0.05) is 16.7 Å². The Hall–Kier alpha value is -2.71. The molecular formula is C18H16ClFN4O3. The number of aromatic amines is 1. The minimum atomic E-state index is -0.316. The van der Waals surface area contributed by atoms with Gasteiger partial charge in [-0.05, 0) is 35.4 Å². The van der Waals surface area contributed by atoms with Gasteiger partial charge in [-0.3, -0.25) is 9.69 Å². The number of halogens is 2. The van der Waals surface area contributed by atoms with Gasteiger partial charge in [0.05, 0.1) is 7.11 Å². The summed E-state index contributed by atoms with van der Waals surface area (Å²) in [6.45, 7) is 1.82. The molecule has 1 aromatic carbocycles. The summed E-state index contributed by atoms with van der Waals surface area (Å²) in [5, 5.41) is 8.07. The maximum atomic E-state index is 13.5. The van der Waals surface area contributed by atoms with Crippen LogP contribution in [-0.2, 0) is 19.5 Å². The summed E-state index contributed by atoms with van der Waals surface area (Å²) in [5.41, 5.74) is 2.54. The molecule has 0 bridgehead atoms. The van der Waals surface area contributed by atoms with Gasteiger partial charge in [0.1, 0.15) is 11.4 Å². The monoisotopic (exact) mass is 390 g/mol. The standard InChI is InChI=1S/C18H16ClFN4O3/c1-26-18-23-22-17(27-18)13-7-11-9-24(5-4-15(11)21-16(13)25)8-10-6-12(20)2-3-14(10)19/h2-3,6-7H,4-5,8-9H2,1H3,(H,21,25). The third-order valence-corrected chi connectivity index (χ3v) is 4.87. The molecule has 0 aliphatic carbocycles. The lowest BCUT2D eigenvalue weighted by molar-refractivity contribution is 0.243. The number of pyridine rings is 1. The molecule has 0 unspecified atom stereocenters. The lowest BCUT2D eigenvalue weighted by Gasteiger charge is -2.28. The van der Waals surface area contributed by atoms with Crippen molar-refractivity contribution in [3.05, 3.63) is 62.3 Å². The van der Waals surface area contributed by atoms with Crippen LogP contribution in [0.5, 0.6) is 6.08 Å². The van der Waals surface area contributed by atoms with Crippen molar-refractivity contribution in [1.29, 1.82) is 0 Å². The first-order valence-corrected chi connectivity index (χ1v) is 8.70. The number of rotatable bonds is 4. The Bertz CT molecular complexity index is 1050. The average Bonchev–Trinajstić information content (AvgIpc) is 3.13. The van der Waals surface area contributed by atoms with Gasteiger partial charge < -0.3 is 14.1 Å². The molecule has 4 rings (SSSR count). The Morgan fingerprint density at radius 3 is 3.00 bits per heavy atom. The molecule has 27 heavy (non-hydrogen) atoms. The van der Waals surface area contributed by atoms with Crippen molar-refractivity contribution in [3.8, 4) is 17.5 Å². The van der Waals surface area contributed by atoms with Crippen LogP contribution in [0.4, 0.5) is 4.39 Å². The van der Waals surface area contributed by atoms with Crippen molar-refractivity contribution in [2.45, 2.75) is 19.5 Å². The van der Waals surface area contributed by atoms with Crippen molar-refractivity contribution in [3.63, 3.8) is 0 Å². The molecule has 0 saturated carbocycles. The summed E-state index contributed by atoms with van der Waals surface area (Å²) in [7, 11) is 1.41. The highest BCUT2D eigenvalue weighted by atomic mass is 35.5. The molecule has 1 N–H and O–H groups in total. The van der Waals surface area contributed by atoms with Gasteiger partial charge in [0, 0.05) is 36.8 Å². The Morgan fingerprint density at radius 2 is 2.22 bits per heavy atom. The van der Waals surface area contributed by atoms with Crippen LogP contribution in [-0.4, -0.2) is 33.7 Å². The highest BCUT2D eigenvalue weighted by Crippen LogP contribution is 2.25. The predicted octanol–water partition coefficient (Wildman–Crippen LogP) is 2.78. The van der Waals surface area contributed by atoms with E-state index in [0.717, 1.165) is 23.4 Å². The highest BCUT2D eigenvalue weighted by molar-refractivity contribution is 6.31. The number of benzene rings is 1. The van der Waals surface area contributed by atoms with E-state index in [1.165, 1.54) is 19.2 Å². The van der Waals surface area contributed by atoms with Crippen LogP contribution in [0.3, 0.4) is 0 Å². The molecule has 0 fully saturated rings. The summed E-state index contributed by atoms with van der Waals surface area (Å²) in [5.74, 6) is -0.218. The maximum absolute atomic E-state index is 13.5. The summed E-state index contributed by atoms with van der Waals surface area (Å²) >= 11 is 6.18. The lowest BCUT2D eigenvalue weighted by Crippen LogP contribution is -2.32. The first-order chi connectivity index (χ1) is 13.0. The van der Waals surface area contributed by atoms with E-state index in [0.29, 0.717) is 24.5 Å². The Labute approximate surface area is 158 Å². The molecule has 0 amide bonds.